The van der Waals surface area contributed by atoms with E-state index in [0.717, 1.165) is 33.2 Å². The molecule has 0 atom stereocenters. The Morgan fingerprint density at radius 3 is 1.63 bits per heavy atom. The predicted octanol–water partition coefficient (Wildman–Crippen LogP) is 4.33. The van der Waals surface area contributed by atoms with Gasteiger partial charge in [0.2, 0.25) is 11.9 Å². The fourth-order valence-electron chi connectivity index (χ4n) is 3.07. The first-order chi connectivity index (χ1) is 14.8. The SMILES string of the molecule is C(=NNc1nc2ccccc2[nH]1)c1cccc(C=NNc2nc3ccccc3[nH]2)c1. The van der Waals surface area contributed by atoms with Gasteiger partial charge in [0.05, 0.1) is 34.5 Å². The lowest BCUT2D eigenvalue weighted by molar-refractivity contribution is 1.21. The number of hydrogen-bond donors (Lipinski definition) is 4. The van der Waals surface area contributed by atoms with Crippen LogP contribution in [0.25, 0.3) is 22.1 Å². The van der Waals surface area contributed by atoms with Crippen molar-refractivity contribution in [3.63, 3.8) is 0 Å². The van der Waals surface area contributed by atoms with Crippen molar-refractivity contribution in [3.8, 4) is 0 Å². The highest BCUT2D eigenvalue weighted by molar-refractivity contribution is 5.87. The van der Waals surface area contributed by atoms with Crippen molar-refractivity contribution in [2.75, 3.05) is 10.9 Å². The number of rotatable bonds is 6. The highest BCUT2D eigenvalue weighted by Gasteiger charge is 2.00. The predicted molar refractivity (Wildman–Crippen MR) is 121 cm³/mol. The maximum atomic E-state index is 4.43. The summed E-state index contributed by atoms with van der Waals surface area (Å²) in [5.41, 5.74) is 11.4. The van der Waals surface area contributed by atoms with Gasteiger partial charge in [-0.3, -0.25) is 0 Å². The monoisotopic (exact) mass is 394 g/mol. The van der Waals surface area contributed by atoms with Gasteiger partial charge in [-0.1, -0.05) is 42.5 Å². The molecule has 2 heterocycles. The maximum Gasteiger partial charge on any atom is 0.222 e. The average molecular weight is 394 g/mol. The standard InChI is InChI=1S/C22H18N8/c1-2-9-18-17(8-1)25-21(26-18)29-23-13-15-6-5-7-16(12-15)14-24-30-22-27-19-10-3-4-11-20(19)28-22/h1-14H,(H2,25,26,29)(H2,27,28,30). The number of imidazole rings is 2. The molecule has 2 aromatic heterocycles. The lowest BCUT2D eigenvalue weighted by Crippen LogP contribution is -1.94. The van der Waals surface area contributed by atoms with Crippen LogP contribution < -0.4 is 10.9 Å². The molecule has 0 radical (unpaired) electrons. The van der Waals surface area contributed by atoms with Crippen molar-refractivity contribution in [2.24, 2.45) is 10.2 Å². The van der Waals surface area contributed by atoms with E-state index in [-0.39, 0.29) is 0 Å². The van der Waals surface area contributed by atoms with Gasteiger partial charge in [-0.05, 0) is 41.5 Å². The van der Waals surface area contributed by atoms with E-state index in [9.17, 15) is 0 Å². The van der Waals surface area contributed by atoms with Gasteiger partial charge in [0, 0.05) is 0 Å². The van der Waals surface area contributed by atoms with Crippen molar-refractivity contribution in [2.45, 2.75) is 0 Å². The smallest absolute Gasteiger partial charge is 0.222 e. The number of aromatic nitrogens is 4. The number of fused-ring (bicyclic) bond motifs is 2. The van der Waals surface area contributed by atoms with Crippen molar-refractivity contribution in [1.82, 2.24) is 19.9 Å². The summed E-state index contributed by atoms with van der Waals surface area (Å²) in [7, 11) is 0. The van der Waals surface area contributed by atoms with Crippen LogP contribution in [0.4, 0.5) is 11.9 Å². The van der Waals surface area contributed by atoms with Gasteiger partial charge in [0.15, 0.2) is 0 Å². The molecule has 146 valence electrons. The van der Waals surface area contributed by atoms with E-state index in [1.54, 1.807) is 12.4 Å². The summed E-state index contributed by atoms with van der Waals surface area (Å²) in [4.78, 5) is 15.2. The highest BCUT2D eigenvalue weighted by Crippen LogP contribution is 2.14. The van der Waals surface area contributed by atoms with E-state index in [4.69, 9.17) is 0 Å². The summed E-state index contributed by atoms with van der Waals surface area (Å²) < 4.78 is 0. The molecule has 0 saturated carbocycles. The maximum absolute atomic E-state index is 4.43. The number of nitrogens with zero attached hydrogens (tertiary/aromatic N) is 4. The summed E-state index contributed by atoms with van der Waals surface area (Å²) in [5, 5.41) is 8.51. The Morgan fingerprint density at radius 2 is 1.13 bits per heavy atom. The molecule has 30 heavy (non-hydrogen) atoms. The van der Waals surface area contributed by atoms with E-state index >= 15 is 0 Å². The Labute approximate surface area is 171 Å². The molecule has 0 aliphatic carbocycles. The van der Waals surface area contributed by atoms with Gasteiger partial charge in [-0.25, -0.2) is 20.8 Å². The first-order valence-corrected chi connectivity index (χ1v) is 9.41. The van der Waals surface area contributed by atoms with Crippen LogP contribution >= 0.6 is 0 Å². The number of aromatic amines is 2. The normalized spacial score (nSPS) is 11.7. The third-order valence-corrected chi connectivity index (χ3v) is 4.46. The second-order valence-corrected chi connectivity index (χ2v) is 6.62. The van der Waals surface area contributed by atoms with E-state index in [1.807, 2.05) is 72.8 Å². The molecule has 5 aromatic rings. The highest BCUT2D eigenvalue weighted by atomic mass is 15.4. The number of para-hydroxylation sites is 4. The topological polar surface area (TPSA) is 106 Å². The molecule has 0 unspecified atom stereocenters. The Morgan fingerprint density at radius 1 is 0.633 bits per heavy atom. The molecule has 5 rings (SSSR count). The second-order valence-electron chi connectivity index (χ2n) is 6.62. The summed E-state index contributed by atoms with van der Waals surface area (Å²) in [6.07, 6.45) is 3.47. The average Bonchev–Trinajstić information content (AvgIpc) is 3.37. The first kappa shape index (κ1) is 17.6. The third-order valence-electron chi connectivity index (χ3n) is 4.46. The van der Waals surface area contributed by atoms with Gasteiger partial charge in [-0.15, -0.1) is 0 Å². The Hall–Kier alpha value is -4.46. The van der Waals surface area contributed by atoms with Crippen molar-refractivity contribution in [1.29, 1.82) is 0 Å². The van der Waals surface area contributed by atoms with Crippen LogP contribution in [0, 0.1) is 0 Å². The minimum absolute atomic E-state index is 0.597. The van der Waals surface area contributed by atoms with Crippen molar-refractivity contribution < 1.29 is 0 Å². The van der Waals surface area contributed by atoms with E-state index in [2.05, 4.69) is 41.0 Å². The fraction of sp³-hybridized carbons (Fsp3) is 0. The van der Waals surface area contributed by atoms with Crippen LogP contribution in [0.2, 0.25) is 0 Å². The Balaban J connectivity index is 1.23. The van der Waals surface area contributed by atoms with Crippen LogP contribution in [0.5, 0.6) is 0 Å². The zero-order chi connectivity index (χ0) is 20.2. The lowest BCUT2D eigenvalue weighted by Gasteiger charge is -1.98. The molecular formula is C22H18N8. The molecule has 0 spiro atoms. The number of nitrogens with one attached hydrogen (secondary N) is 4. The van der Waals surface area contributed by atoms with Crippen LogP contribution in [0.1, 0.15) is 11.1 Å². The number of anilines is 2. The van der Waals surface area contributed by atoms with Gasteiger partial charge >= 0.3 is 0 Å². The van der Waals surface area contributed by atoms with Crippen molar-refractivity contribution in [3.05, 3.63) is 83.9 Å². The van der Waals surface area contributed by atoms with E-state index in [1.165, 1.54) is 0 Å². The minimum atomic E-state index is 0.597. The fourth-order valence-corrected chi connectivity index (χ4v) is 3.07. The zero-order valence-corrected chi connectivity index (χ0v) is 15.9. The molecule has 8 heteroatoms. The molecule has 4 N–H and O–H groups in total. The van der Waals surface area contributed by atoms with Crippen LogP contribution in [0.3, 0.4) is 0 Å². The molecule has 0 fully saturated rings. The number of hydrogen-bond acceptors (Lipinski definition) is 6. The molecular weight excluding hydrogens is 376 g/mol. The molecule has 8 nitrogen and oxygen atoms in total. The zero-order valence-electron chi connectivity index (χ0n) is 15.9. The number of hydrazone groups is 2. The van der Waals surface area contributed by atoms with Crippen molar-refractivity contribution >= 4 is 46.4 Å². The van der Waals surface area contributed by atoms with E-state index in [0.29, 0.717) is 11.9 Å². The molecule has 0 saturated heterocycles. The third kappa shape index (κ3) is 3.88. The molecule has 0 aliphatic rings. The molecule has 0 aliphatic heterocycles. The summed E-state index contributed by atoms with van der Waals surface area (Å²) >= 11 is 0. The Bertz CT molecular complexity index is 1190. The van der Waals surface area contributed by atoms with E-state index < -0.39 is 0 Å². The first-order valence-electron chi connectivity index (χ1n) is 9.41. The number of benzene rings is 3. The van der Waals surface area contributed by atoms with Crippen LogP contribution in [-0.4, -0.2) is 32.4 Å². The minimum Gasteiger partial charge on any atom is -0.323 e. The van der Waals surface area contributed by atoms with Gasteiger partial charge in [0.25, 0.3) is 0 Å². The summed E-state index contributed by atoms with van der Waals surface area (Å²) in [6.45, 7) is 0. The van der Waals surface area contributed by atoms with Gasteiger partial charge in [-0.2, -0.15) is 10.2 Å². The Kier molecular flexibility index (Phi) is 4.63. The van der Waals surface area contributed by atoms with Crippen LogP contribution in [-0.2, 0) is 0 Å². The lowest BCUT2D eigenvalue weighted by atomic mass is 10.1. The summed E-state index contributed by atoms with van der Waals surface area (Å²) in [6, 6.07) is 23.5. The summed E-state index contributed by atoms with van der Waals surface area (Å²) in [5.74, 6) is 1.19. The van der Waals surface area contributed by atoms with Gasteiger partial charge < -0.3 is 9.97 Å². The van der Waals surface area contributed by atoms with Gasteiger partial charge in [0.1, 0.15) is 0 Å². The number of H-pyrrole nitrogens is 2. The quantitative estimate of drug-likeness (QED) is 0.254. The molecule has 3 aromatic carbocycles. The van der Waals surface area contributed by atoms with Crippen LogP contribution in [0.15, 0.2) is 83.0 Å². The second kappa shape index (κ2) is 7.88. The molecule has 0 amide bonds. The largest absolute Gasteiger partial charge is 0.323 e. The molecule has 0 bridgehead atoms.